The SMILES string of the molecule is [C-]#N.[C-]#N.[C-]#N.[C-]#N.[C-]#N.[C-]#N.[C-]#N.[C-]#N.[C-]#N.[C-]#N.[C-]#N.[C-]#N.[C-]#N.[C-]#N.[C-]#N.[C-]#N.[C-]#N.[C-]#N.[C-]#N.[C-]#N.[C-]#N.[C-]#N.[C-]#N.[C-]#N.[Fe+6].[Fe+6].[Fe+6].[Fe+6].[H-].[H-].[H-].[H-].[Na+].[Na+].[Na+].[Na+]. The van der Waals surface area contributed by atoms with Crippen molar-refractivity contribution in [3.05, 3.63) is 158 Å². The summed E-state index contributed by atoms with van der Waals surface area (Å²) in [5.74, 6) is 0. The average Bonchev–Trinajstić information content (AvgIpc) is 3.34. The number of nitrogens with zero attached hydrogens (tertiary/aromatic N) is 24. The second-order valence-electron chi connectivity index (χ2n) is 0. The van der Waals surface area contributed by atoms with E-state index in [1.807, 2.05) is 0 Å². The number of hydrogen-bond acceptors (Lipinski definition) is 24. The molecule has 0 amide bonds. The molecule has 0 aliphatic rings. The van der Waals surface area contributed by atoms with Gasteiger partial charge in [0.2, 0.25) is 0 Å². The standard InChI is InChI=1S/24CN.4Fe.4Na.4H/c24*1-2;;;;;;;;;;;;/q24*-1;4*+6;4*+1;4*-1. The van der Waals surface area contributed by atoms with Gasteiger partial charge in [-0.3, -0.25) is 0 Å². The Morgan fingerprint density at radius 2 is 0.107 bits per heavy atom. The molecule has 0 radical (unpaired) electrons. The molecule has 0 aliphatic carbocycles. The monoisotopic (exact) mass is 944 g/mol. The van der Waals surface area contributed by atoms with Crippen molar-refractivity contribution < 1.29 is 192 Å². The molecule has 0 aromatic rings. The van der Waals surface area contributed by atoms with Crippen LogP contribution in [-0.4, -0.2) is 0 Å². The summed E-state index contributed by atoms with van der Waals surface area (Å²) in [5, 5.41) is 150. The molecular formula is C24H4Fe4N24Na4. The van der Waals surface area contributed by atoms with Gasteiger partial charge >= 0.3 is 187 Å². The topological polar surface area (TPSA) is 571 Å². The van der Waals surface area contributed by atoms with Crippen LogP contribution in [0.15, 0.2) is 0 Å². The molecule has 0 saturated carbocycles. The summed E-state index contributed by atoms with van der Waals surface area (Å²) < 4.78 is 0. The fourth-order valence-electron chi connectivity index (χ4n) is 0. The molecule has 0 fully saturated rings. The third-order valence-electron chi connectivity index (χ3n) is 0. The fourth-order valence-corrected chi connectivity index (χ4v) is 0. The molecule has 56 heavy (non-hydrogen) atoms. The maximum atomic E-state index is 6.25. The van der Waals surface area contributed by atoms with Gasteiger partial charge in [0.15, 0.2) is 0 Å². The molecule has 0 aromatic heterocycles. The van der Waals surface area contributed by atoms with Gasteiger partial charge < -0.3 is 290 Å². The van der Waals surface area contributed by atoms with Crippen LogP contribution in [0.1, 0.15) is 5.71 Å². The molecule has 256 valence electrons. The van der Waals surface area contributed by atoms with E-state index in [-0.39, 0.29) is 192 Å². The van der Waals surface area contributed by atoms with Crippen molar-refractivity contribution in [2.24, 2.45) is 0 Å². The van der Waals surface area contributed by atoms with Crippen LogP contribution in [0, 0.1) is 284 Å². The second-order valence-corrected chi connectivity index (χ2v) is 0. The van der Waals surface area contributed by atoms with Crippen molar-refractivity contribution in [1.82, 2.24) is 0 Å². The molecule has 0 N–H and O–H groups in total. The average molecular weight is 944 g/mol. The van der Waals surface area contributed by atoms with Gasteiger partial charge in [-0.2, -0.15) is 0 Å². The van der Waals surface area contributed by atoms with Gasteiger partial charge in [-0.25, -0.2) is 0 Å². The van der Waals surface area contributed by atoms with Gasteiger partial charge in [0.25, 0.3) is 0 Å². The maximum Gasteiger partial charge on any atom is 6.00 e. The van der Waals surface area contributed by atoms with Gasteiger partial charge in [-0.05, 0) is 0 Å². The largest absolute Gasteiger partial charge is 6.00 e. The molecule has 0 heterocycles. The Morgan fingerprint density at radius 1 is 0.107 bits per heavy atom. The second kappa shape index (κ2) is 2940. The van der Waals surface area contributed by atoms with Crippen LogP contribution in [0.5, 0.6) is 0 Å². The minimum Gasteiger partial charge on any atom is -1.00 e. The minimum absolute atomic E-state index is 0. The van der Waals surface area contributed by atoms with E-state index >= 15 is 0 Å². The number of rotatable bonds is 0. The molecule has 0 saturated heterocycles. The quantitative estimate of drug-likeness (QED) is 0.161. The van der Waals surface area contributed by atoms with Crippen LogP contribution < -0.4 is 118 Å². The molecule has 0 aliphatic heterocycles. The van der Waals surface area contributed by atoms with Crippen molar-refractivity contribution >= 4 is 0 Å². The van der Waals surface area contributed by atoms with E-state index in [0.29, 0.717) is 0 Å². The summed E-state index contributed by atoms with van der Waals surface area (Å²) in [5.41, 5.74) is 0. The van der Waals surface area contributed by atoms with Crippen molar-refractivity contribution in [1.29, 1.82) is 126 Å². The van der Waals surface area contributed by atoms with Crippen LogP contribution in [0.4, 0.5) is 0 Å². The first kappa shape index (κ1) is 374. The van der Waals surface area contributed by atoms with Gasteiger partial charge in [-0.15, -0.1) is 0 Å². The Morgan fingerprint density at radius 3 is 0.107 bits per heavy atom. The Labute approximate surface area is 470 Å². The third-order valence-corrected chi connectivity index (χ3v) is 0. The zero-order valence-corrected chi connectivity index (χ0v) is 40.6. The Hall–Kier alpha value is -6.16. The summed E-state index contributed by atoms with van der Waals surface area (Å²) in [7, 11) is 0. The molecule has 0 rings (SSSR count). The Bertz CT molecular complexity index is 555. The normalized spacial score (nSPS) is 0.857. The van der Waals surface area contributed by atoms with Crippen LogP contribution >= 0.6 is 0 Å². The van der Waals surface area contributed by atoms with E-state index in [1.165, 1.54) is 0 Å². The van der Waals surface area contributed by atoms with Crippen molar-refractivity contribution in [3.8, 4) is 0 Å². The van der Waals surface area contributed by atoms with Gasteiger partial charge in [0.1, 0.15) is 0 Å². The van der Waals surface area contributed by atoms with Crippen LogP contribution in [0.2, 0.25) is 0 Å². The zero-order valence-electron chi connectivity index (χ0n) is 32.1. The first-order chi connectivity index (χ1) is 24.0. The molecular weight excluding hydrogens is 940 g/mol. The van der Waals surface area contributed by atoms with E-state index in [9.17, 15) is 0 Å². The van der Waals surface area contributed by atoms with Crippen molar-refractivity contribution in [2.75, 3.05) is 0 Å². The summed E-state index contributed by atoms with van der Waals surface area (Å²) in [6, 6.07) is 0. The molecule has 0 bridgehead atoms. The van der Waals surface area contributed by atoms with E-state index in [0.717, 1.165) is 0 Å². The van der Waals surface area contributed by atoms with E-state index in [4.69, 9.17) is 284 Å². The van der Waals surface area contributed by atoms with Crippen LogP contribution in [-0.2, 0) is 68.3 Å². The van der Waals surface area contributed by atoms with Gasteiger partial charge in [0, 0.05) is 0 Å². The smallest absolute Gasteiger partial charge is 1.00 e. The molecule has 24 nitrogen and oxygen atoms in total. The third kappa shape index (κ3) is 2760. The molecule has 0 unspecified atom stereocenters. The van der Waals surface area contributed by atoms with E-state index in [2.05, 4.69) is 0 Å². The summed E-state index contributed by atoms with van der Waals surface area (Å²) in [6.45, 7) is 114. The predicted molar refractivity (Wildman–Crippen MR) is 124 cm³/mol. The van der Waals surface area contributed by atoms with Crippen molar-refractivity contribution in [2.45, 2.75) is 0 Å². The summed E-state index contributed by atoms with van der Waals surface area (Å²) in [4.78, 5) is 0. The minimum atomic E-state index is 0. The maximum absolute atomic E-state index is 6.25. The molecule has 0 spiro atoms. The van der Waals surface area contributed by atoms with E-state index < -0.39 is 0 Å². The van der Waals surface area contributed by atoms with Gasteiger partial charge in [0.05, 0.1) is 0 Å². The van der Waals surface area contributed by atoms with E-state index in [1.54, 1.807) is 0 Å². The summed E-state index contributed by atoms with van der Waals surface area (Å²) >= 11 is 0. The molecule has 0 aromatic carbocycles. The molecule has 0 atom stereocenters. The van der Waals surface area contributed by atoms with Crippen LogP contribution in [0.3, 0.4) is 0 Å². The van der Waals surface area contributed by atoms with Gasteiger partial charge in [-0.1, -0.05) is 0 Å². The zero-order chi connectivity index (χ0) is 48.0. The van der Waals surface area contributed by atoms with Crippen molar-refractivity contribution in [3.63, 3.8) is 0 Å². The summed E-state index contributed by atoms with van der Waals surface area (Å²) in [6.07, 6.45) is 0. The first-order valence-corrected chi connectivity index (χ1v) is 5.37. The fraction of sp³-hybridized carbons (Fsp3) is 0. The molecule has 32 heteroatoms. The number of hydrogen-bond donors (Lipinski definition) is 0. The van der Waals surface area contributed by atoms with Crippen LogP contribution in [0.25, 0.3) is 0 Å². The Balaban J connectivity index is -0.00000000292. The Kier molecular flexibility index (Phi) is 19600. The predicted octanol–water partition coefficient (Wildman–Crippen LogP) is -9.23. The first-order valence-electron chi connectivity index (χ1n) is 5.37.